The topological polar surface area (TPSA) is 51.5 Å². The molecule has 4 heteroatoms. The molecule has 1 aromatic heterocycles. The van der Waals surface area contributed by atoms with Crippen molar-refractivity contribution in [2.75, 3.05) is 0 Å². The Kier molecular flexibility index (Phi) is 4.24. The number of carbonyl (C=O) groups excluding carboxylic acids is 1. The molecule has 4 nitrogen and oxygen atoms in total. The minimum Gasteiger partial charge on any atom is -0.490 e. The highest BCUT2D eigenvalue weighted by molar-refractivity contribution is 5.91. The van der Waals surface area contributed by atoms with Gasteiger partial charge in [-0.1, -0.05) is 12.1 Å². The quantitative estimate of drug-likeness (QED) is 0.914. The maximum Gasteiger partial charge on any atom is 0.287 e. The van der Waals surface area contributed by atoms with Gasteiger partial charge in [-0.15, -0.1) is 0 Å². The summed E-state index contributed by atoms with van der Waals surface area (Å²) in [6.45, 7) is 0.475. The van der Waals surface area contributed by atoms with Crippen molar-refractivity contribution in [3.05, 3.63) is 54.0 Å². The van der Waals surface area contributed by atoms with E-state index in [-0.39, 0.29) is 5.91 Å². The normalized spacial score (nSPS) is 15.0. The molecule has 0 saturated heterocycles. The molecule has 0 aliphatic heterocycles. The predicted octanol–water partition coefficient (Wildman–Crippen LogP) is 3.53. The Morgan fingerprint density at radius 3 is 2.62 bits per heavy atom. The molecule has 0 unspecified atom stereocenters. The number of benzene rings is 1. The maximum atomic E-state index is 11.7. The van der Waals surface area contributed by atoms with Crippen LogP contribution in [0.15, 0.2) is 47.1 Å². The Morgan fingerprint density at radius 1 is 1.19 bits per heavy atom. The lowest BCUT2D eigenvalue weighted by Gasteiger charge is -2.13. The van der Waals surface area contributed by atoms with Crippen molar-refractivity contribution in [1.29, 1.82) is 0 Å². The van der Waals surface area contributed by atoms with Gasteiger partial charge >= 0.3 is 0 Å². The van der Waals surface area contributed by atoms with Crippen molar-refractivity contribution >= 4 is 5.91 Å². The largest absolute Gasteiger partial charge is 0.490 e. The monoisotopic (exact) mass is 285 g/mol. The highest BCUT2D eigenvalue weighted by Crippen LogP contribution is 2.24. The van der Waals surface area contributed by atoms with Gasteiger partial charge in [0.05, 0.1) is 12.4 Å². The zero-order valence-electron chi connectivity index (χ0n) is 11.9. The van der Waals surface area contributed by atoms with E-state index < -0.39 is 0 Å². The first-order valence-electron chi connectivity index (χ1n) is 7.38. The molecule has 1 aromatic carbocycles. The number of ether oxygens (including phenoxy) is 1. The lowest BCUT2D eigenvalue weighted by atomic mass is 10.2. The first kappa shape index (κ1) is 13.7. The second-order valence-electron chi connectivity index (χ2n) is 5.33. The van der Waals surface area contributed by atoms with E-state index in [0.29, 0.717) is 18.4 Å². The molecule has 1 aliphatic rings. The molecule has 2 aromatic rings. The molecule has 0 atom stereocenters. The zero-order valence-corrected chi connectivity index (χ0v) is 11.9. The van der Waals surface area contributed by atoms with Crippen molar-refractivity contribution in [3.63, 3.8) is 0 Å². The van der Waals surface area contributed by atoms with Crippen LogP contribution in [0.1, 0.15) is 41.8 Å². The van der Waals surface area contributed by atoms with E-state index in [0.717, 1.165) is 24.2 Å². The van der Waals surface area contributed by atoms with E-state index in [1.165, 1.54) is 19.1 Å². The molecule has 1 N–H and O–H groups in total. The summed E-state index contributed by atoms with van der Waals surface area (Å²) in [6, 6.07) is 11.2. The summed E-state index contributed by atoms with van der Waals surface area (Å²) < 4.78 is 11.0. The summed E-state index contributed by atoms with van der Waals surface area (Å²) in [4.78, 5) is 11.7. The van der Waals surface area contributed by atoms with Crippen molar-refractivity contribution in [2.45, 2.75) is 38.3 Å². The van der Waals surface area contributed by atoms with Crippen LogP contribution >= 0.6 is 0 Å². The highest BCUT2D eigenvalue weighted by atomic mass is 16.5. The molecule has 1 aliphatic carbocycles. The van der Waals surface area contributed by atoms with Gasteiger partial charge in [0.25, 0.3) is 5.91 Å². The van der Waals surface area contributed by atoms with Gasteiger partial charge in [0.1, 0.15) is 5.75 Å². The SMILES string of the molecule is O=C(NCc1ccc(OC2CCCC2)cc1)c1ccco1. The van der Waals surface area contributed by atoms with E-state index in [1.54, 1.807) is 12.1 Å². The molecular formula is C17H19NO3. The van der Waals surface area contributed by atoms with Gasteiger partial charge in [-0.25, -0.2) is 0 Å². The van der Waals surface area contributed by atoms with E-state index >= 15 is 0 Å². The Morgan fingerprint density at radius 2 is 1.95 bits per heavy atom. The molecule has 3 rings (SSSR count). The lowest BCUT2D eigenvalue weighted by Crippen LogP contribution is -2.22. The Bertz CT molecular complexity index is 569. The van der Waals surface area contributed by atoms with Crippen molar-refractivity contribution in [2.24, 2.45) is 0 Å². The minimum absolute atomic E-state index is 0.203. The van der Waals surface area contributed by atoms with Gasteiger partial charge < -0.3 is 14.5 Å². The third-order valence-electron chi connectivity index (χ3n) is 3.73. The summed E-state index contributed by atoms with van der Waals surface area (Å²) in [7, 11) is 0. The van der Waals surface area contributed by atoms with Crippen LogP contribution < -0.4 is 10.1 Å². The fourth-order valence-corrected chi connectivity index (χ4v) is 2.56. The van der Waals surface area contributed by atoms with Crippen LogP contribution in [0.2, 0.25) is 0 Å². The Balaban J connectivity index is 1.51. The fraction of sp³-hybridized carbons (Fsp3) is 0.353. The highest BCUT2D eigenvalue weighted by Gasteiger charge is 2.16. The number of carbonyl (C=O) groups is 1. The molecule has 1 saturated carbocycles. The second kappa shape index (κ2) is 6.48. The van der Waals surface area contributed by atoms with Crippen LogP contribution in [0.3, 0.4) is 0 Å². The first-order valence-corrected chi connectivity index (χ1v) is 7.38. The van der Waals surface area contributed by atoms with Gasteiger partial charge in [0.2, 0.25) is 0 Å². The number of nitrogens with one attached hydrogen (secondary N) is 1. The molecule has 1 amide bonds. The number of rotatable bonds is 5. The molecule has 0 spiro atoms. The Labute approximate surface area is 124 Å². The number of hydrogen-bond acceptors (Lipinski definition) is 3. The van der Waals surface area contributed by atoms with Crippen LogP contribution in [-0.4, -0.2) is 12.0 Å². The lowest BCUT2D eigenvalue weighted by molar-refractivity contribution is 0.0923. The first-order chi connectivity index (χ1) is 10.3. The summed E-state index contributed by atoms with van der Waals surface area (Å²) in [5.41, 5.74) is 1.04. The van der Waals surface area contributed by atoms with Gasteiger partial charge in [0.15, 0.2) is 5.76 Å². The third-order valence-corrected chi connectivity index (χ3v) is 3.73. The van der Waals surface area contributed by atoms with Gasteiger partial charge in [-0.3, -0.25) is 4.79 Å². The molecule has 1 fully saturated rings. The summed E-state index contributed by atoms with van der Waals surface area (Å²) in [5.74, 6) is 1.03. The minimum atomic E-state index is -0.203. The van der Waals surface area contributed by atoms with Gasteiger partial charge in [0, 0.05) is 6.54 Å². The van der Waals surface area contributed by atoms with Gasteiger partial charge in [-0.2, -0.15) is 0 Å². The maximum absolute atomic E-state index is 11.7. The molecule has 21 heavy (non-hydrogen) atoms. The van der Waals surface area contributed by atoms with Gasteiger partial charge in [-0.05, 0) is 55.5 Å². The van der Waals surface area contributed by atoms with Crippen molar-refractivity contribution in [1.82, 2.24) is 5.32 Å². The van der Waals surface area contributed by atoms with E-state index in [2.05, 4.69) is 5.32 Å². The third kappa shape index (κ3) is 3.66. The average Bonchev–Trinajstić information content (AvgIpc) is 3.19. The number of furan rings is 1. The van der Waals surface area contributed by atoms with E-state index in [4.69, 9.17) is 9.15 Å². The van der Waals surface area contributed by atoms with E-state index in [1.807, 2.05) is 24.3 Å². The smallest absolute Gasteiger partial charge is 0.287 e. The fourth-order valence-electron chi connectivity index (χ4n) is 2.56. The van der Waals surface area contributed by atoms with Crippen LogP contribution in [0.25, 0.3) is 0 Å². The average molecular weight is 285 g/mol. The second-order valence-corrected chi connectivity index (χ2v) is 5.33. The van der Waals surface area contributed by atoms with E-state index in [9.17, 15) is 4.79 Å². The zero-order chi connectivity index (χ0) is 14.5. The molecule has 110 valence electrons. The Hall–Kier alpha value is -2.23. The molecule has 0 radical (unpaired) electrons. The van der Waals surface area contributed by atoms with Crippen LogP contribution in [0.4, 0.5) is 0 Å². The number of amides is 1. The van der Waals surface area contributed by atoms with Crippen LogP contribution in [-0.2, 0) is 6.54 Å². The molecular weight excluding hydrogens is 266 g/mol. The van der Waals surface area contributed by atoms with Crippen molar-refractivity contribution < 1.29 is 13.9 Å². The summed E-state index contributed by atoms with van der Waals surface area (Å²) in [5, 5.41) is 2.82. The van der Waals surface area contributed by atoms with Crippen molar-refractivity contribution in [3.8, 4) is 5.75 Å². The summed E-state index contributed by atoms with van der Waals surface area (Å²) in [6.07, 6.45) is 6.70. The standard InChI is InChI=1S/C17H19NO3/c19-17(16-6-3-11-20-16)18-12-13-7-9-15(10-8-13)21-14-4-1-2-5-14/h3,6-11,14H,1-2,4-5,12H2,(H,18,19). The molecule has 0 bridgehead atoms. The predicted molar refractivity (Wildman–Crippen MR) is 79.2 cm³/mol. The van der Waals surface area contributed by atoms with Crippen LogP contribution in [0.5, 0.6) is 5.75 Å². The summed E-state index contributed by atoms with van der Waals surface area (Å²) >= 11 is 0. The van der Waals surface area contributed by atoms with Crippen LogP contribution in [0, 0.1) is 0 Å². The number of hydrogen-bond donors (Lipinski definition) is 1. The molecule has 1 heterocycles.